The second-order valence-electron chi connectivity index (χ2n) is 3.42. The van der Waals surface area contributed by atoms with Gasteiger partial charge in [0.05, 0.1) is 10.4 Å². The van der Waals surface area contributed by atoms with Gasteiger partial charge < -0.3 is 5.11 Å². The number of anilines is 1. The second-order valence-corrected chi connectivity index (χ2v) is 7.53. The van der Waals surface area contributed by atoms with E-state index < -0.39 is 15.6 Å². The number of hydrogen-bond acceptors (Lipinski definition) is 6. The monoisotopic (exact) mass is 365 g/mol. The van der Waals surface area contributed by atoms with Crippen molar-refractivity contribution in [1.82, 2.24) is 10.2 Å². The zero-order valence-electron chi connectivity index (χ0n) is 9.25. The molecular weight excluding hydrogens is 358 g/mol. The lowest BCUT2D eigenvalue weighted by Crippen LogP contribution is -2.16. The van der Waals surface area contributed by atoms with E-state index in [4.69, 9.17) is 5.11 Å². The van der Waals surface area contributed by atoms with Crippen LogP contribution in [0.2, 0.25) is 0 Å². The van der Waals surface area contributed by atoms with Gasteiger partial charge in [-0.1, -0.05) is 0 Å². The normalized spacial score (nSPS) is 11.5. The van der Waals surface area contributed by atoms with Gasteiger partial charge in [-0.15, -0.1) is 11.3 Å². The third-order valence-corrected chi connectivity index (χ3v) is 5.66. The number of thiophene rings is 1. The molecule has 0 saturated carbocycles. The highest BCUT2D eigenvalue weighted by Gasteiger charge is 2.21. The molecule has 0 radical (unpaired) electrons. The van der Waals surface area contributed by atoms with E-state index >= 15 is 0 Å². The van der Waals surface area contributed by atoms with Crippen molar-refractivity contribution in [3.05, 3.63) is 37.2 Å². The van der Waals surface area contributed by atoms with Gasteiger partial charge in [0, 0.05) is 10.9 Å². The fraction of sp³-hybridized carbons (Fsp3) is 0.111. The third-order valence-electron chi connectivity index (χ3n) is 2.07. The highest BCUT2D eigenvalue weighted by Crippen LogP contribution is 2.32. The van der Waals surface area contributed by atoms with Crippen LogP contribution >= 0.6 is 27.3 Å². The van der Waals surface area contributed by atoms with Gasteiger partial charge in [0.15, 0.2) is 5.82 Å². The van der Waals surface area contributed by atoms with Crippen LogP contribution in [-0.2, 0) is 16.6 Å². The first-order chi connectivity index (χ1) is 8.92. The molecule has 3 N–H and O–H groups in total. The molecule has 0 bridgehead atoms. The number of aromatic amines is 1. The van der Waals surface area contributed by atoms with E-state index in [1.807, 2.05) is 0 Å². The molecule has 2 aromatic heterocycles. The van der Waals surface area contributed by atoms with Crippen molar-refractivity contribution in [2.45, 2.75) is 11.5 Å². The third kappa shape index (κ3) is 3.21. The van der Waals surface area contributed by atoms with Crippen molar-refractivity contribution in [1.29, 1.82) is 0 Å². The van der Waals surface area contributed by atoms with Crippen LogP contribution in [0.25, 0.3) is 0 Å². The summed E-state index contributed by atoms with van der Waals surface area (Å²) in [7, 11) is -3.83. The van der Waals surface area contributed by atoms with Gasteiger partial charge in [-0.25, -0.2) is 13.5 Å². The average molecular weight is 366 g/mol. The van der Waals surface area contributed by atoms with E-state index in [1.54, 1.807) is 0 Å². The summed E-state index contributed by atoms with van der Waals surface area (Å²) < 4.78 is 26.8. The Morgan fingerprint density at radius 3 is 2.74 bits per heavy atom. The lowest BCUT2D eigenvalue weighted by molar-refractivity contribution is 0.285. The predicted octanol–water partition coefficient (Wildman–Crippen LogP) is 0.887. The number of rotatable bonds is 4. The lowest BCUT2D eigenvalue weighted by Gasteiger charge is -2.05. The summed E-state index contributed by atoms with van der Waals surface area (Å²) in [4.78, 5) is 11.3. The van der Waals surface area contributed by atoms with E-state index in [0.717, 1.165) is 17.4 Å². The fourth-order valence-electron chi connectivity index (χ4n) is 1.25. The molecule has 0 spiro atoms. The van der Waals surface area contributed by atoms with Gasteiger partial charge in [0.25, 0.3) is 15.6 Å². The van der Waals surface area contributed by atoms with E-state index in [9.17, 15) is 13.2 Å². The van der Waals surface area contributed by atoms with Gasteiger partial charge in [-0.2, -0.15) is 5.10 Å². The number of halogens is 1. The molecule has 2 aromatic rings. The first-order valence-electron chi connectivity index (χ1n) is 4.90. The highest BCUT2D eigenvalue weighted by molar-refractivity contribution is 9.11. The average Bonchev–Trinajstić information content (AvgIpc) is 2.74. The summed E-state index contributed by atoms with van der Waals surface area (Å²) in [6.45, 7) is -0.240. The molecule has 2 heterocycles. The standard InChI is InChI=1S/C9H8BrN3O4S2/c10-9-6(3-5(4-14)18-9)19(16,17)13-7-1-2-8(15)12-11-7/h1-3,14H,4H2,(H,11,13)(H,12,15). The number of aliphatic hydroxyl groups is 1. The number of aromatic nitrogens is 2. The molecule has 102 valence electrons. The Morgan fingerprint density at radius 1 is 1.47 bits per heavy atom. The number of aliphatic hydroxyl groups excluding tert-OH is 1. The summed E-state index contributed by atoms with van der Waals surface area (Å²) >= 11 is 4.25. The molecule has 0 saturated heterocycles. The zero-order valence-corrected chi connectivity index (χ0v) is 12.5. The van der Waals surface area contributed by atoms with Crippen molar-refractivity contribution in [2.75, 3.05) is 4.72 Å². The molecule has 0 aromatic carbocycles. The van der Waals surface area contributed by atoms with Crippen LogP contribution in [0.1, 0.15) is 4.88 Å². The highest BCUT2D eigenvalue weighted by atomic mass is 79.9. The first-order valence-corrected chi connectivity index (χ1v) is 7.99. The van der Waals surface area contributed by atoms with Crippen molar-refractivity contribution in [3.8, 4) is 0 Å². The van der Waals surface area contributed by atoms with Crippen molar-refractivity contribution in [2.24, 2.45) is 0 Å². The number of H-pyrrole nitrogens is 1. The van der Waals surface area contributed by atoms with Gasteiger partial charge in [-0.05, 0) is 28.1 Å². The van der Waals surface area contributed by atoms with Crippen LogP contribution in [0.15, 0.2) is 31.7 Å². The minimum absolute atomic E-state index is 0.00301. The molecular formula is C9H8BrN3O4S2. The largest absolute Gasteiger partial charge is 0.391 e. The molecule has 10 heteroatoms. The predicted molar refractivity (Wildman–Crippen MR) is 73.6 cm³/mol. The first kappa shape index (κ1) is 14.2. The van der Waals surface area contributed by atoms with Gasteiger partial charge in [0.1, 0.15) is 4.90 Å². The maximum atomic E-state index is 12.1. The molecule has 0 atom stereocenters. The molecule has 19 heavy (non-hydrogen) atoms. The van der Waals surface area contributed by atoms with Gasteiger partial charge in [-0.3, -0.25) is 9.52 Å². The summed E-state index contributed by atoms with van der Waals surface area (Å²) in [6, 6.07) is 3.78. The Hall–Kier alpha value is -1.23. The molecule has 0 fully saturated rings. The van der Waals surface area contributed by atoms with Gasteiger partial charge >= 0.3 is 0 Å². The summed E-state index contributed by atoms with van der Waals surface area (Å²) in [5.41, 5.74) is -0.428. The summed E-state index contributed by atoms with van der Waals surface area (Å²) in [5.74, 6) is 0.00301. The summed E-state index contributed by atoms with van der Waals surface area (Å²) in [6.07, 6.45) is 0. The van der Waals surface area contributed by atoms with E-state index in [0.29, 0.717) is 8.66 Å². The van der Waals surface area contributed by atoms with Crippen LogP contribution in [0.3, 0.4) is 0 Å². The Morgan fingerprint density at radius 2 is 2.21 bits per heavy atom. The number of nitrogens with zero attached hydrogens (tertiary/aromatic N) is 1. The van der Waals surface area contributed by atoms with Crippen molar-refractivity contribution in [3.63, 3.8) is 0 Å². The minimum atomic E-state index is -3.83. The van der Waals surface area contributed by atoms with Crippen LogP contribution in [-0.4, -0.2) is 23.7 Å². The minimum Gasteiger partial charge on any atom is -0.391 e. The van der Waals surface area contributed by atoms with E-state index in [-0.39, 0.29) is 17.3 Å². The Bertz CT molecular complexity index is 733. The Kier molecular flexibility index (Phi) is 4.04. The Labute approximate surface area is 120 Å². The van der Waals surface area contributed by atoms with Crippen molar-refractivity contribution >= 4 is 43.1 Å². The molecule has 0 amide bonds. The number of sulfonamides is 1. The van der Waals surface area contributed by atoms with Crippen LogP contribution < -0.4 is 10.3 Å². The number of hydrogen-bond donors (Lipinski definition) is 3. The second kappa shape index (κ2) is 5.41. The summed E-state index contributed by atoms with van der Waals surface area (Å²) in [5, 5.41) is 14.7. The maximum Gasteiger partial charge on any atom is 0.265 e. The molecule has 2 rings (SSSR count). The zero-order chi connectivity index (χ0) is 14.0. The van der Waals surface area contributed by atoms with Crippen LogP contribution in [0, 0.1) is 0 Å². The maximum absolute atomic E-state index is 12.1. The van der Waals surface area contributed by atoms with Gasteiger partial charge in [0.2, 0.25) is 0 Å². The molecule has 0 aliphatic rings. The van der Waals surface area contributed by atoms with Crippen LogP contribution in [0.4, 0.5) is 5.82 Å². The SMILES string of the molecule is O=c1ccc(NS(=O)(=O)c2cc(CO)sc2Br)n[nH]1. The lowest BCUT2D eigenvalue weighted by atomic mass is 10.5. The van der Waals surface area contributed by atoms with E-state index in [2.05, 4.69) is 30.8 Å². The van der Waals surface area contributed by atoms with E-state index in [1.165, 1.54) is 12.1 Å². The molecule has 0 unspecified atom stereocenters. The Balaban J connectivity index is 2.34. The quantitative estimate of drug-likeness (QED) is 0.744. The van der Waals surface area contributed by atoms with Crippen molar-refractivity contribution < 1.29 is 13.5 Å². The number of nitrogens with one attached hydrogen (secondary N) is 2. The molecule has 7 nitrogen and oxygen atoms in total. The molecule has 0 aliphatic heterocycles. The smallest absolute Gasteiger partial charge is 0.265 e. The fourth-order valence-corrected chi connectivity index (χ4v) is 4.80. The topological polar surface area (TPSA) is 112 Å². The molecule has 0 aliphatic carbocycles. The van der Waals surface area contributed by atoms with Crippen LogP contribution in [0.5, 0.6) is 0 Å².